The van der Waals surface area contributed by atoms with Crippen LogP contribution in [0.15, 0.2) is 9.51 Å². The van der Waals surface area contributed by atoms with Gasteiger partial charge in [0.15, 0.2) is 11.6 Å². The molecule has 1 rings (SSSR count). The minimum atomic E-state index is -3.59. The van der Waals surface area contributed by atoms with Crippen LogP contribution in [0.5, 0.6) is 0 Å². The molecule has 0 aliphatic heterocycles. The summed E-state index contributed by atoms with van der Waals surface area (Å²) in [7, 11) is -3.59. The molecule has 1 amide bonds. The largest absolute Gasteiger partial charge is 0.429 e. The molecule has 0 aliphatic carbocycles. The van der Waals surface area contributed by atoms with Gasteiger partial charge >= 0.3 is 0 Å². The molecule has 0 saturated carbocycles. The Morgan fingerprint density at radius 3 is 2.38 bits per heavy atom. The van der Waals surface area contributed by atoms with Crippen LogP contribution in [0.1, 0.15) is 16.4 Å². The fourth-order valence-electron chi connectivity index (χ4n) is 0.815. The topological polar surface area (TPSA) is 103 Å². The third kappa shape index (κ3) is 1.86. The molecule has 0 radical (unpaired) electrons. The van der Waals surface area contributed by atoms with E-state index in [9.17, 15) is 13.2 Å². The Kier molecular flexibility index (Phi) is 2.12. The number of amides is 1. The first-order valence-corrected chi connectivity index (χ1v) is 5.19. The van der Waals surface area contributed by atoms with Gasteiger partial charge in [-0.25, -0.2) is 13.4 Å². The summed E-state index contributed by atoms with van der Waals surface area (Å²) in [5.41, 5.74) is 4.55. The van der Waals surface area contributed by atoms with Gasteiger partial charge in [-0.05, 0) is 0 Å². The van der Waals surface area contributed by atoms with E-state index in [1.54, 1.807) is 0 Å². The Morgan fingerprint density at radius 2 is 2.08 bits per heavy atom. The highest BCUT2D eigenvalue weighted by molar-refractivity contribution is 7.90. The van der Waals surface area contributed by atoms with Crippen LogP contribution in [0, 0.1) is 6.92 Å². The van der Waals surface area contributed by atoms with Crippen LogP contribution in [0.4, 0.5) is 0 Å². The zero-order chi connectivity index (χ0) is 10.2. The molecule has 13 heavy (non-hydrogen) atoms. The first-order valence-electron chi connectivity index (χ1n) is 3.29. The fourth-order valence-corrected chi connectivity index (χ4v) is 1.58. The van der Waals surface area contributed by atoms with E-state index in [2.05, 4.69) is 4.98 Å². The number of carbonyl (C=O) groups excluding carboxylic acids is 1. The number of hydrogen-bond donors (Lipinski definition) is 1. The van der Waals surface area contributed by atoms with Crippen molar-refractivity contribution in [2.24, 2.45) is 5.73 Å². The summed E-state index contributed by atoms with van der Waals surface area (Å²) in [5, 5.41) is -0.475. The molecule has 0 bridgehead atoms. The number of oxazole rings is 1. The predicted octanol–water partition coefficient (Wildman–Crippen LogP) is -0.515. The van der Waals surface area contributed by atoms with Crippen molar-refractivity contribution in [3.8, 4) is 0 Å². The van der Waals surface area contributed by atoms with Crippen molar-refractivity contribution in [1.82, 2.24) is 4.98 Å². The highest BCUT2D eigenvalue weighted by Crippen LogP contribution is 2.15. The first-order chi connectivity index (χ1) is 5.82. The second kappa shape index (κ2) is 2.84. The van der Waals surface area contributed by atoms with Gasteiger partial charge in [-0.3, -0.25) is 4.79 Å². The lowest BCUT2D eigenvalue weighted by molar-refractivity contribution is 0.0990. The van der Waals surface area contributed by atoms with Gasteiger partial charge in [-0.15, -0.1) is 0 Å². The molecule has 6 nitrogen and oxygen atoms in total. The average Bonchev–Trinajstić information content (AvgIpc) is 2.29. The van der Waals surface area contributed by atoms with Crippen molar-refractivity contribution >= 4 is 15.7 Å². The van der Waals surface area contributed by atoms with Gasteiger partial charge in [0.05, 0.1) is 0 Å². The summed E-state index contributed by atoms with van der Waals surface area (Å²) >= 11 is 0. The van der Waals surface area contributed by atoms with Crippen molar-refractivity contribution in [3.63, 3.8) is 0 Å². The Bertz CT molecular complexity index is 445. The quantitative estimate of drug-likeness (QED) is 0.698. The number of aromatic nitrogens is 1. The van der Waals surface area contributed by atoms with Crippen LogP contribution >= 0.6 is 0 Å². The molecule has 0 unspecified atom stereocenters. The molecular formula is C6H8N2O4S. The lowest BCUT2D eigenvalue weighted by Gasteiger charge is -1.92. The summed E-state index contributed by atoms with van der Waals surface area (Å²) in [6.45, 7) is 1.43. The zero-order valence-electron chi connectivity index (χ0n) is 7.07. The monoisotopic (exact) mass is 204 g/mol. The molecule has 0 atom stereocenters. The van der Waals surface area contributed by atoms with E-state index < -0.39 is 20.8 Å². The Labute approximate surface area is 74.7 Å². The molecule has 0 spiro atoms. The van der Waals surface area contributed by atoms with Gasteiger partial charge in [0.2, 0.25) is 9.84 Å². The highest BCUT2D eigenvalue weighted by atomic mass is 32.2. The molecule has 72 valence electrons. The minimum Gasteiger partial charge on any atom is -0.429 e. The Morgan fingerprint density at radius 1 is 1.54 bits per heavy atom. The minimum absolute atomic E-state index is 0.0919. The summed E-state index contributed by atoms with van der Waals surface area (Å²) in [6, 6.07) is 0. The summed E-state index contributed by atoms with van der Waals surface area (Å²) in [5.74, 6) is -0.827. The van der Waals surface area contributed by atoms with Crippen molar-refractivity contribution in [2.45, 2.75) is 12.0 Å². The van der Waals surface area contributed by atoms with E-state index in [-0.39, 0.29) is 11.6 Å². The van der Waals surface area contributed by atoms with Crippen molar-refractivity contribution < 1.29 is 17.6 Å². The number of aryl methyl sites for hydroxylation is 1. The lowest BCUT2D eigenvalue weighted by Crippen LogP contribution is -2.15. The number of hydrogen-bond acceptors (Lipinski definition) is 5. The zero-order valence-corrected chi connectivity index (χ0v) is 7.88. The van der Waals surface area contributed by atoms with Crippen molar-refractivity contribution in [1.29, 1.82) is 0 Å². The molecule has 1 heterocycles. The van der Waals surface area contributed by atoms with E-state index in [4.69, 9.17) is 10.2 Å². The second-order valence-electron chi connectivity index (χ2n) is 2.51. The van der Waals surface area contributed by atoms with Crippen LogP contribution in [0.3, 0.4) is 0 Å². The molecule has 0 aromatic carbocycles. The third-order valence-electron chi connectivity index (χ3n) is 1.27. The lowest BCUT2D eigenvalue weighted by atomic mass is 10.5. The molecule has 2 N–H and O–H groups in total. The normalized spacial score (nSPS) is 11.5. The summed E-state index contributed by atoms with van der Waals surface area (Å²) < 4.78 is 26.8. The molecule has 1 aromatic rings. The second-order valence-corrected chi connectivity index (χ2v) is 4.42. The summed E-state index contributed by atoms with van der Waals surface area (Å²) in [4.78, 5) is 14.3. The van der Waals surface area contributed by atoms with Crippen LogP contribution in [0.25, 0.3) is 0 Å². The number of rotatable bonds is 2. The smallest absolute Gasteiger partial charge is 0.272 e. The maximum Gasteiger partial charge on any atom is 0.272 e. The number of carbonyl (C=O) groups is 1. The Balaban J connectivity index is 3.46. The fraction of sp³-hybridized carbons (Fsp3) is 0.333. The van der Waals surface area contributed by atoms with Gasteiger partial charge in [-0.1, -0.05) is 0 Å². The van der Waals surface area contributed by atoms with Crippen molar-refractivity contribution in [3.05, 3.63) is 11.6 Å². The van der Waals surface area contributed by atoms with Crippen LogP contribution in [-0.2, 0) is 9.84 Å². The number of nitrogens with zero attached hydrogens (tertiary/aromatic N) is 1. The highest BCUT2D eigenvalue weighted by Gasteiger charge is 2.24. The van der Waals surface area contributed by atoms with Gasteiger partial charge < -0.3 is 10.2 Å². The van der Waals surface area contributed by atoms with Crippen LogP contribution in [-0.4, -0.2) is 25.6 Å². The van der Waals surface area contributed by atoms with E-state index in [1.165, 1.54) is 6.92 Å². The van der Waals surface area contributed by atoms with E-state index in [1.807, 2.05) is 0 Å². The number of nitrogens with two attached hydrogens (primary N) is 1. The maximum atomic E-state index is 11.0. The SMILES string of the molecule is Cc1nc(C(N)=O)c(S(C)(=O)=O)o1. The first kappa shape index (κ1) is 9.72. The van der Waals surface area contributed by atoms with Gasteiger partial charge in [0.25, 0.3) is 11.0 Å². The average molecular weight is 204 g/mol. The molecule has 1 aromatic heterocycles. The maximum absolute atomic E-state index is 11.0. The van der Waals surface area contributed by atoms with Gasteiger partial charge in [0, 0.05) is 13.2 Å². The van der Waals surface area contributed by atoms with E-state index in [0.717, 1.165) is 6.26 Å². The van der Waals surface area contributed by atoms with Crippen molar-refractivity contribution in [2.75, 3.05) is 6.26 Å². The molecule has 7 heteroatoms. The molecule has 0 fully saturated rings. The van der Waals surface area contributed by atoms with Crippen LogP contribution in [0.2, 0.25) is 0 Å². The third-order valence-corrected chi connectivity index (χ3v) is 2.22. The number of sulfone groups is 1. The van der Waals surface area contributed by atoms with E-state index >= 15 is 0 Å². The molecule has 0 saturated heterocycles. The predicted molar refractivity (Wildman–Crippen MR) is 42.9 cm³/mol. The van der Waals surface area contributed by atoms with Crippen LogP contribution < -0.4 is 5.73 Å². The number of primary amides is 1. The van der Waals surface area contributed by atoms with Gasteiger partial charge in [-0.2, -0.15) is 0 Å². The standard InChI is InChI=1S/C6H8N2O4S/c1-3-8-4(5(7)9)6(12-3)13(2,10)11/h1-2H3,(H2,7,9). The summed E-state index contributed by atoms with van der Waals surface area (Å²) in [6.07, 6.45) is 0.916. The van der Waals surface area contributed by atoms with E-state index in [0.29, 0.717) is 0 Å². The molecule has 0 aliphatic rings. The molecular weight excluding hydrogens is 196 g/mol. The van der Waals surface area contributed by atoms with Gasteiger partial charge in [0.1, 0.15) is 0 Å². The Hall–Kier alpha value is -1.37.